The first kappa shape index (κ1) is 85.0. The number of esters is 1. The summed E-state index contributed by atoms with van der Waals surface area (Å²) in [6.07, 6.45) is 11.9. The maximum absolute atomic E-state index is 15.9. The van der Waals surface area contributed by atoms with Gasteiger partial charge in [0.05, 0.1) is 42.7 Å². The molecule has 3 rings (SSSR count). The molecule has 0 amide bonds. The van der Waals surface area contributed by atoms with E-state index in [4.69, 9.17) is 50.6 Å². The molecule has 0 aromatic rings. The van der Waals surface area contributed by atoms with E-state index in [1.807, 2.05) is 32.1 Å². The highest BCUT2D eigenvalue weighted by Gasteiger charge is 2.53. The van der Waals surface area contributed by atoms with Crippen LogP contribution < -0.4 is 0 Å². The van der Waals surface area contributed by atoms with Gasteiger partial charge < -0.3 is 50.6 Å². The molecule has 0 unspecified atom stereocenters. The fourth-order valence-corrected chi connectivity index (χ4v) is 20.8. The van der Waals surface area contributed by atoms with E-state index in [2.05, 4.69) is 217 Å². The van der Waals surface area contributed by atoms with Crippen molar-refractivity contribution >= 4 is 53.3 Å². The molecule has 0 saturated carbocycles. The van der Waals surface area contributed by atoms with Gasteiger partial charge in [-0.2, -0.15) is 0 Å². The van der Waals surface area contributed by atoms with Gasteiger partial charge in [-0.1, -0.05) is 186 Å². The van der Waals surface area contributed by atoms with Crippen molar-refractivity contribution in [2.24, 2.45) is 23.7 Å². The van der Waals surface area contributed by atoms with Gasteiger partial charge in [0, 0.05) is 55.8 Å². The first-order chi connectivity index (χ1) is 41.9. The van der Waals surface area contributed by atoms with Crippen LogP contribution in [-0.4, -0.2) is 140 Å². The lowest BCUT2D eigenvalue weighted by atomic mass is 9.79. The molecule has 92 heavy (non-hydrogen) atoms. The summed E-state index contributed by atoms with van der Waals surface area (Å²) in [4.78, 5) is 30.6. The molecule has 0 N–H and O–H groups in total. The number of cyclic esters (lactones) is 1. The maximum atomic E-state index is 15.9. The zero-order valence-electron chi connectivity index (χ0n) is 65.2. The molecule has 0 radical (unpaired) electrons. The number of ketones is 1. The van der Waals surface area contributed by atoms with Crippen LogP contribution in [0.1, 0.15) is 211 Å². The van der Waals surface area contributed by atoms with E-state index in [1.54, 1.807) is 7.11 Å². The Hall–Kier alpha value is -1.22. The number of Topliss-reactive ketones (excluding diaryl/α,β-unsaturated/α-hetero) is 1. The molecular weight excluding hydrogens is 1240 g/mol. The Bertz CT molecular complexity index is 2420. The summed E-state index contributed by atoms with van der Waals surface area (Å²) < 4.78 is 78.1. The van der Waals surface area contributed by atoms with Crippen molar-refractivity contribution in [2.75, 3.05) is 13.9 Å². The second-order valence-electron chi connectivity index (χ2n) is 34.6. The van der Waals surface area contributed by atoms with Gasteiger partial charge >= 0.3 is 5.97 Å². The van der Waals surface area contributed by atoms with E-state index in [0.29, 0.717) is 6.42 Å². The predicted octanol–water partition coefficient (Wildman–Crippen LogP) is 20.0. The van der Waals surface area contributed by atoms with Crippen LogP contribution in [0.5, 0.6) is 0 Å². The van der Waals surface area contributed by atoms with Crippen molar-refractivity contribution < 1.29 is 60.1 Å². The van der Waals surface area contributed by atoms with E-state index in [0.717, 1.165) is 61.4 Å². The molecule has 0 aromatic heterocycles. The second kappa shape index (κ2) is 34.2. The lowest BCUT2D eigenvalue weighted by Crippen LogP contribution is -2.59. The Kier molecular flexibility index (Phi) is 31.6. The first-order valence-electron chi connectivity index (χ1n) is 35.9. The van der Waals surface area contributed by atoms with Crippen LogP contribution in [0.3, 0.4) is 0 Å². The summed E-state index contributed by atoms with van der Waals surface area (Å²) in [5, 5.41) is -0.358. The molecule has 2 bridgehead atoms. The third-order valence-electron chi connectivity index (χ3n) is 23.3. The van der Waals surface area contributed by atoms with Crippen LogP contribution in [0.2, 0.25) is 90.7 Å². The summed E-state index contributed by atoms with van der Waals surface area (Å²) in [5.41, 5.74) is 1.13. The van der Waals surface area contributed by atoms with E-state index in [-0.39, 0.29) is 87.6 Å². The van der Waals surface area contributed by atoms with Crippen LogP contribution >= 0.6 is 0 Å². The number of methoxy groups -OCH3 is 1. The van der Waals surface area contributed by atoms with E-state index < -0.39 is 95.7 Å². The summed E-state index contributed by atoms with van der Waals surface area (Å²) in [7, 11) is -10.1. The third kappa shape index (κ3) is 22.9. The van der Waals surface area contributed by atoms with Crippen molar-refractivity contribution in [3.63, 3.8) is 0 Å². The fraction of sp³-hybridized carbons (Fsp3) is 0.865. The van der Waals surface area contributed by atoms with E-state index >= 15 is 4.79 Å². The maximum Gasteiger partial charge on any atom is 0.331 e. The van der Waals surface area contributed by atoms with Crippen LogP contribution in [0.25, 0.3) is 0 Å². The second-order valence-corrected chi connectivity index (χ2v) is 58.3. The van der Waals surface area contributed by atoms with Gasteiger partial charge in [0.2, 0.25) is 0 Å². The minimum Gasteiger partial charge on any atom is -0.456 e. The molecule has 18 heteroatoms. The SMILES string of the molecule is CCCCC[C@@H]1OCO[C@@]2(C)/C=C(C)/C=C/C(=O)O[C@H]([C@@H](C)[C@@H](O[Si](C)(C)C(C)(C)C)[C@H](C)C(=O)C[C@@H](O[C@H]3C[C@@H](O[Si](C)(C)C(C)(C)C)[C@H](O[Si](C)(C)C(C)(C)C)[C@@H](C)O3)[C@H](C)[C@@H](C)O[Si](C)(C)C(C)(C)C)[C@@H](OC)/C=C/C=C(\C)C[C@H]1[C@@H]2O[Si](CC)(CC)CC. The molecule has 0 aromatic carbocycles. The summed E-state index contributed by atoms with van der Waals surface area (Å²) in [6, 6.07) is 3.00. The lowest BCUT2D eigenvalue weighted by Gasteiger charge is -2.50. The summed E-state index contributed by atoms with van der Waals surface area (Å²) in [6.45, 7) is 71.2. The van der Waals surface area contributed by atoms with Crippen LogP contribution in [0.15, 0.2) is 47.6 Å². The molecule has 3 aliphatic heterocycles. The molecule has 0 spiro atoms. The number of allylic oxidation sites excluding steroid dienone is 5. The highest BCUT2D eigenvalue weighted by Crippen LogP contribution is 2.47. The third-order valence-corrected chi connectivity index (χ3v) is 45.9. The molecular formula is C74H142O13Si5. The Balaban J connectivity index is 2.30. The Morgan fingerprint density at radius 3 is 1.80 bits per heavy atom. The van der Waals surface area contributed by atoms with Crippen molar-refractivity contribution in [3.8, 4) is 0 Å². The molecule has 16 atom stereocenters. The minimum absolute atomic E-state index is 0.0121. The molecule has 3 heterocycles. The zero-order valence-corrected chi connectivity index (χ0v) is 70.2. The zero-order chi connectivity index (χ0) is 70.8. The highest BCUT2D eigenvalue weighted by molar-refractivity contribution is 6.75. The molecule has 0 aliphatic carbocycles. The first-order valence-corrected chi connectivity index (χ1v) is 50.0. The average Bonchev–Trinajstić information content (AvgIpc) is 1.22. The van der Waals surface area contributed by atoms with Crippen molar-refractivity contribution in [2.45, 2.75) is 375 Å². The van der Waals surface area contributed by atoms with Gasteiger partial charge in [0.1, 0.15) is 30.4 Å². The Morgan fingerprint density at radius 2 is 1.28 bits per heavy atom. The number of fused-ring (bicyclic) bond motifs is 2. The quantitative estimate of drug-likeness (QED) is 0.0418. The van der Waals surface area contributed by atoms with Gasteiger partial charge in [-0.3, -0.25) is 4.79 Å². The van der Waals surface area contributed by atoms with Gasteiger partial charge in [-0.05, 0) is 144 Å². The largest absolute Gasteiger partial charge is 0.456 e. The number of carbonyl (C=O) groups is 2. The average molecular weight is 1380 g/mol. The highest BCUT2D eigenvalue weighted by atomic mass is 28.4. The van der Waals surface area contributed by atoms with E-state index in [9.17, 15) is 4.79 Å². The molecule has 3 aliphatic rings. The fourth-order valence-electron chi connectivity index (χ4n) is 12.2. The monoisotopic (exact) mass is 1380 g/mol. The number of hydrogen-bond acceptors (Lipinski definition) is 13. The minimum atomic E-state index is -2.66. The summed E-state index contributed by atoms with van der Waals surface area (Å²) >= 11 is 0. The van der Waals surface area contributed by atoms with Crippen LogP contribution in [0.4, 0.5) is 0 Å². The predicted molar refractivity (Wildman–Crippen MR) is 395 cm³/mol. The molecule has 13 nitrogen and oxygen atoms in total. The summed E-state index contributed by atoms with van der Waals surface area (Å²) in [5.74, 6) is -2.02. The number of hydrogen-bond donors (Lipinski definition) is 0. The van der Waals surface area contributed by atoms with Gasteiger partial charge in [-0.25, -0.2) is 4.79 Å². The van der Waals surface area contributed by atoms with Crippen LogP contribution in [-0.2, 0) is 60.1 Å². The smallest absolute Gasteiger partial charge is 0.331 e. The van der Waals surface area contributed by atoms with Crippen molar-refractivity contribution in [1.29, 1.82) is 0 Å². The number of carbonyl (C=O) groups excluding carboxylic acids is 2. The van der Waals surface area contributed by atoms with Gasteiger partial charge in [0.15, 0.2) is 47.9 Å². The standard InChI is InChI=1S/C74H142O13Si5/c1-34-38-39-42-60-58-46-51(5)41-40-43-61(77-25)67(82-64(76)45-44-52(6)49-74(24,79-50-78-60)69(58)87-92(35-2,36-3)37-4)55(9)66(85-90(30,31)72(18,19)20)54(8)59(75)47-62(53(7)56(10)83-88(26,27)70(12,13)14)81-65-48-63(84-89(28,29)71(15,16)17)68(57(11)80-65)86-91(32,33)73(21,22)23/h40-41,43-45,49,53-58,60-63,65-69H,34-39,42,46-48,50H2,1-33H3/b43-40+,45-44+,51-41+,52-49+/t53-,54-,55+,56-,57-,58-,60+,61+,62-,63-,65+,66+,67-,68-,69+,74+/m1/s1. The Labute approximate surface area is 570 Å². The number of ether oxygens (including phenoxy) is 6. The lowest BCUT2D eigenvalue weighted by molar-refractivity contribution is -0.262. The van der Waals surface area contributed by atoms with E-state index in [1.165, 1.54) is 6.08 Å². The van der Waals surface area contributed by atoms with Crippen molar-refractivity contribution in [3.05, 3.63) is 47.6 Å². The molecule has 2 saturated heterocycles. The number of rotatable bonds is 28. The molecule has 2 fully saturated rings. The Morgan fingerprint density at radius 1 is 0.739 bits per heavy atom. The topological polar surface area (TPSA) is 136 Å². The number of unbranched alkanes of at least 4 members (excludes halogenated alkanes) is 2. The van der Waals surface area contributed by atoms with Crippen LogP contribution in [0, 0.1) is 23.7 Å². The van der Waals surface area contributed by atoms with Gasteiger partial charge in [0.25, 0.3) is 0 Å². The normalized spacial score (nSPS) is 29.9. The van der Waals surface area contributed by atoms with Crippen molar-refractivity contribution in [1.82, 2.24) is 0 Å². The molecule has 536 valence electrons. The van der Waals surface area contributed by atoms with Gasteiger partial charge in [-0.15, -0.1) is 0 Å².